The highest BCUT2D eigenvalue weighted by atomic mass is 19.1. The van der Waals surface area contributed by atoms with Gasteiger partial charge in [0.2, 0.25) is 5.91 Å². The molecule has 0 radical (unpaired) electrons. The number of nitrogens with one attached hydrogen (secondary N) is 1. The summed E-state index contributed by atoms with van der Waals surface area (Å²) < 4.78 is 18.1. The van der Waals surface area contributed by atoms with E-state index in [0.29, 0.717) is 5.75 Å². The Bertz CT molecular complexity index is 432. The molecular formula is C14H20FNO3. The molecule has 0 aromatic heterocycles. The van der Waals surface area contributed by atoms with Gasteiger partial charge in [0.25, 0.3) is 0 Å². The zero-order valence-electron chi connectivity index (χ0n) is 11.4. The van der Waals surface area contributed by atoms with Crippen LogP contribution < -0.4 is 10.1 Å². The summed E-state index contributed by atoms with van der Waals surface area (Å²) in [6.07, 6.45) is -0.507. The standard InChI is InChI=1S/C14H20FNO3/c1-10(17)14(2,3)16-13(18)7-8-19-12-6-4-5-11(15)9-12/h4-6,9-10,17H,7-8H2,1-3H3,(H,16,18). The van der Waals surface area contributed by atoms with E-state index in [1.807, 2.05) is 0 Å². The molecule has 1 amide bonds. The quantitative estimate of drug-likeness (QED) is 0.829. The average Bonchev–Trinajstić information content (AvgIpc) is 2.28. The third-order valence-electron chi connectivity index (χ3n) is 2.90. The fourth-order valence-electron chi connectivity index (χ4n) is 1.34. The first kappa shape index (κ1) is 15.4. The molecule has 1 rings (SSSR count). The summed E-state index contributed by atoms with van der Waals surface area (Å²) in [4.78, 5) is 11.6. The molecule has 0 saturated carbocycles. The van der Waals surface area contributed by atoms with E-state index < -0.39 is 11.6 Å². The van der Waals surface area contributed by atoms with Gasteiger partial charge in [-0.05, 0) is 32.9 Å². The Labute approximate surface area is 112 Å². The van der Waals surface area contributed by atoms with Gasteiger partial charge in [0.15, 0.2) is 0 Å². The molecule has 0 saturated heterocycles. The number of rotatable bonds is 6. The molecule has 4 nitrogen and oxygen atoms in total. The van der Waals surface area contributed by atoms with Crippen molar-refractivity contribution in [3.05, 3.63) is 30.1 Å². The fourth-order valence-corrected chi connectivity index (χ4v) is 1.34. The van der Waals surface area contributed by atoms with Crippen molar-refractivity contribution in [3.63, 3.8) is 0 Å². The highest BCUT2D eigenvalue weighted by molar-refractivity contribution is 5.76. The maximum absolute atomic E-state index is 12.9. The number of aliphatic hydroxyl groups excluding tert-OH is 1. The second-order valence-corrected chi connectivity index (χ2v) is 5.00. The van der Waals surface area contributed by atoms with Gasteiger partial charge in [-0.3, -0.25) is 4.79 Å². The molecule has 0 aliphatic rings. The Kier molecular flexibility index (Phi) is 5.30. The Morgan fingerprint density at radius 3 is 2.79 bits per heavy atom. The lowest BCUT2D eigenvalue weighted by Gasteiger charge is -2.29. The predicted octanol–water partition coefficient (Wildman–Crippen LogP) is 1.87. The summed E-state index contributed by atoms with van der Waals surface area (Å²) in [5, 5.41) is 12.2. The Morgan fingerprint density at radius 1 is 1.53 bits per heavy atom. The summed E-state index contributed by atoms with van der Waals surface area (Å²) in [5.74, 6) is -0.206. The molecule has 19 heavy (non-hydrogen) atoms. The Balaban J connectivity index is 2.35. The molecule has 106 valence electrons. The molecule has 5 heteroatoms. The highest BCUT2D eigenvalue weighted by Gasteiger charge is 2.25. The molecule has 0 aliphatic carbocycles. The van der Waals surface area contributed by atoms with E-state index in [1.54, 1.807) is 32.9 Å². The maximum Gasteiger partial charge on any atom is 0.223 e. The lowest BCUT2D eigenvalue weighted by molar-refractivity contribution is -0.124. The number of benzene rings is 1. The fraction of sp³-hybridized carbons (Fsp3) is 0.500. The van der Waals surface area contributed by atoms with Gasteiger partial charge in [-0.1, -0.05) is 6.07 Å². The van der Waals surface area contributed by atoms with Crippen LogP contribution in [0.25, 0.3) is 0 Å². The number of halogens is 1. The molecule has 1 aromatic carbocycles. The average molecular weight is 269 g/mol. The topological polar surface area (TPSA) is 58.6 Å². The molecule has 0 bridgehead atoms. The van der Waals surface area contributed by atoms with E-state index in [9.17, 15) is 14.3 Å². The first-order valence-electron chi connectivity index (χ1n) is 6.19. The van der Waals surface area contributed by atoms with Crippen molar-refractivity contribution in [2.24, 2.45) is 0 Å². The lowest BCUT2D eigenvalue weighted by atomic mass is 9.99. The van der Waals surface area contributed by atoms with Crippen LogP contribution in [0.1, 0.15) is 27.2 Å². The van der Waals surface area contributed by atoms with Gasteiger partial charge in [-0.2, -0.15) is 0 Å². The van der Waals surface area contributed by atoms with E-state index >= 15 is 0 Å². The largest absolute Gasteiger partial charge is 0.493 e. The van der Waals surface area contributed by atoms with Crippen LogP contribution in [-0.4, -0.2) is 29.3 Å². The highest BCUT2D eigenvalue weighted by Crippen LogP contribution is 2.12. The molecule has 1 aromatic rings. The van der Waals surface area contributed by atoms with Crippen molar-refractivity contribution in [3.8, 4) is 5.75 Å². The van der Waals surface area contributed by atoms with E-state index in [2.05, 4.69) is 5.32 Å². The minimum atomic E-state index is -0.685. The van der Waals surface area contributed by atoms with Crippen molar-refractivity contribution in [2.45, 2.75) is 38.8 Å². The normalized spacial score (nSPS) is 12.9. The van der Waals surface area contributed by atoms with Gasteiger partial charge >= 0.3 is 0 Å². The van der Waals surface area contributed by atoms with E-state index in [4.69, 9.17) is 4.74 Å². The van der Waals surface area contributed by atoms with Gasteiger partial charge in [0.1, 0.15) is 11.6 Å². The molecule has 0 spiro atoms. The van der Waals surface area contributed by atoms with Crippen molar-refractivity contribution >= 4 is 5.91 Å². The van der Waals surface area contributed by atoms with Gasteiger partial charge in [-0.25, -0.2) is 4.39 Å². The van der Waals surface area contributed by atoms with Crippen molar-refractivity contribution in [1.82, 2.24) is 5.32 Å². The van der Waals surface area contributed by atoms with E-state index in [-0.39, 0.29) is 24.8 Å². The first-order chi connectivity index (χ1) is 8.81. The smallest absolute Gasteiger partial charge is 0.223 e. The van der Waals surface area contributed by atoms with Crippen molar-refractivity contribution in [1.29, 1.82) is 0 Å². The molecule has 0 heterocycles. The second-order valence-electron chi connectivity index (χ2n) is 5.00. The number of aliphatic hydroxyl groups is 1. The predicted molar refractivity (Wildman–Crippen MR) is 70.4 cm³/mol. The monoisotopic (exact) mass is 269 g/mol. The number of ether oxygens (including phenoxy) is 1. The van der Waals surface area contributed by atoms with Crippen LogP contribution in [0.2, 0.25) is 0 Å². The van der Waals surface area contributed by atoms with Crippen LogP contribution in [0.5, 0.6) is 5.75 Å². The van der Waals surface area contributed by atoms with Gasteiger partial charge in [-0.15, -0.1) is 0 Å². The Morgan fingerprint density at radius 2 is 2.21 bits per heavy atom. The molecule has 0 fully saturated rings. The first-order valence-corrected chi connectivity index (χ1v) is 6.19. The summed E-state index contributed by atoms with van der Waals surface area (Å²) in [7, 11) is 0. The van der Waals surface area contributed by atoms with Crippen LogP contribution in [-0.2, 0) is 4.79 Å². The minimum Gasteiger partial charge on any atom is -0.493 e. The van der Waals surface area contributed by atoms with Crippen LogP contribution in [0, 0.1) is 5.82 Å². The number of hydrogen-bond acceptors (Lipinski definition) is 3. The van der Waals surface area contributed by atoms with Crippen LogP contribution in [0.3, 0.4) is 0 Å². The number of hydrogen-bond donors (Lipinski definition) is 2. The molecule has 0 aliphatic heterocycles. The summed E-state index contributed by atoms with van der Waals surface area (Å²) in [6.45, 7) is 5.25. The van der Waals surface area contributed by atoms with Gasteiger partial charge < -0.3 is 15.2 Å². The minimum absolute atomic E-state index is 0.145. The van der Waals surface area contributed by atoms with Crippen molar-refractivity contribution in [2.75, 3.05) is 6.61 Å². The van der Waals surface area contributed by atoms with Gasteiger partial charge in [0.05, 0.1) is 24.7 Å². The zero-order chi connectivity index (χ0) is 14.5. The van der Waals surface area contributed by atoms with E-state index in [1.165, 1.54) is 12.1 Å². The third-order valence-corrected chi connectivity index (χ3v) is 2.90. The molecule has 2 N–H and O–H groups in total. The van der Waals surface area contributed by atoms with Crippen LogP contribution >= 0.6 is 0 Å². The molecule has 1 atom stereocenters. The summed E-state index contributed by atoms with van der Waals surface area (Å²) in [5.41, 5.74) is -0.685. The second kappa shape index (κ2) is 6.52. The van der Waals surface area contributed by atoms with E-state index in [0.717, 1.165) is 0 Å². The van der Waals surface area contributed by atoms with Crippen LogP contribution in [0.15, 0.2) is 24.3 Å². The van der Waals surface area contributed by atoms with Crippen molar-refractivity contribution < 1.29 is 19.0 Å². The summed E-state index contributed by atoms with van der Waals surface area (Å²) >= 11 is 0. The number of carbonyl (C=O) groups excluding carboxylic acids is 1. The third kappa shape index (κ3) is 5.26. The lowest BCUT2D eigenvalue weighted by Crippen LogP contribution is -2.51. The number of carbonyl (C=O) groups is 1. The van der Waals surface area contributed by atoms with Crippen LogP contribution in [0.4, 0.5) is 4.39 Å². The maximum atomic E-state index is 12.9. The summed E-state index contributed by atoms with van der Waals surface area (Å²) in [6, 6.07) is 5.75. The number of amides is 1. The Hall–Kier alpha value is -1.62. The zero-order valence-corrected chi connectivity index (χ0v) is 11.4. The SMILES string of the molecule is CC(O)C(C)(C)NC(=O)CCOc1cccc(F)c1. The van der Waals surface area contributed by atoms with Gasteiger partial charge in [0, 0.05) is 6.07 Å². The molecular weight excluding hydrogens is 249 g/mol. The molecule has 1 unspecified atom stereocenters.